The lowest BCUT2D eigenvalue weighted by molar-refractivity contribution is -0.134. The summed E-state index contributed by atoms with van der Waals surface area (Å²) in [6.07, 6.45) is 7.87. The van der Waals surface area contributed by atoms with Gasteiger partial charge in [0.25, 0.3) is 0 Å². The van der Waals surface area contributed by atoms with Crippen LogP contribution in [-0.4, -0.2) is 97.3 Å². The number of imide groups is 1. The van der Waals surface area contributed by atoms with Crippen molar-refractivity contribution >= 4 is 42.7 Å². The largest absolute Gasteiger partial charge is 0.524 e. The second-order valence-electron chi connectivity index (χ2n) is 13.9. The summed E-state index contributed by atoms with van der Waals surface area (Å²) in [6.45, 7) is 2.54. The summed E-state index contributed by atoms with van der Waals surface area (Å²) in [5, 5.41) is 15.1. The van der Waals surface area contributed by atoms with Crippen molar-refractivity contribution in [3.8, 4) is 28.4 Å². The van der Waals surface area contributed by atoms with E-state index >= 15 is 0 Å². The quantitative estimate of drug-likeness (QED) is 0.150. The van der Waals surface area contributed by atoms with Crippen molar-refractivity contribution in [3.63, 3.8) is 0 Å². The van der Waals surface area contributed by atoms with Gasteiger partial charge in [-0.25, -0.2) is 9.25 Å². The lowest BCUT2D eigenvalue weighted by Crippen LogP contribution is -2.54. The van der Waals surface area contributed by atoms with Gasteiger partial charge in [-0.3, -0.25) is 34.4 Å². The number of benzene rings is 2. The normalized spacial score (nSPS) is 22.4. The van der Waals surface area contributed by atoms with E-state index in [-0.39, 0.29) is 47.6 Å². The molecule has 0 bridgehead atoms. The second-order valence-corrected chi connectivity index (χ2v) is 15.1. The maximum atomic E-state index is 13.6. The molecule has 3 amide bonds. The number of rotatable bonds is 8. The molecule has 2 aromatic carbocycles. The summed E-state index contributed by atoms with van der Waals surface area (Å²) in [7, 11) is -4.83. The van der Waals surface area contributed by atoms with Crippen LogP contribution in [0.5, 0.6) is 11.5 Å². The molecule has 1 saturated carbocycles. The molecule has 5 N–H and O–H groups in total. The maximum absolute atomic E-state index is 13.6. The first-order valence-corrected chi connectivity index (χ1v) is 19.5. The fourth-order valence-electron chi connectivity index (χ4n) is 8.12. The molecule has 4 aliphatic rings. The zero-order chi connectivity index (χ0) is 37.6. The van der Waals surface area contributed by atoms with E-state index < -0.39 is 13.9 Å². The summed E-state index contributed by atoms with van der Waals surface area (Å²) in [6, 6.07) is 13.9. The Morgan fingerprint density at radius 3 is 2.54 bits per heavy atom. The number of piperazine rings is 1. The van der Waals surface area contributed by atoms with E-state index in [1.807, 2.05) is 12.1 Å². The van der Waals surface area contributed by atoms with Gasteiger partial charge in [-0.1, -0.05) is 24.3 Å². The number of nitrogens with one attached hydrogen (secondary N) is 1. The van der Waals surface area contributed by atoms with Crippen molar-refractivity contribution in [2.75, 3.05) is 48.3 Å². The molecule has 2 aromatic heterocycles. The Hall–Kier alpha value is -5.35. The number of nitrogens with zero attached hydrogens (tertiary/aromatic N) is 7. The van der Waals surface area contributed by atoms with E-state index in [0.717, 1.165) is 42.7 Å². The minimum atomic E-state index is -4.83. The number of piperidine rings is 1. The molecule has 18 heteroatoms. The summed E-state index contributed by atoms with van der Waals surface area (Å²) in [5.74, 6) is 0.616. The molecule has 8 rings (SSSR count). The van der Waals surface area contributed by atoms with Gasteiger partial charge in [0.15, 0.2) is 5.82 Å². The number of phosphoric ester groups is 1. The van der Waals surface area contributed by atoms with E-state index in [1.54, 1.807) is 41.6 Å². The van der Waals surface area contributed by atoms with Crippen LogP contribution >= 0.6 is 7.82 Å². The predicted octanol–water partition coefficient (Wildman–Crippen LogP) is 2.76. The molecule has 17 nitrogen and oxygen atoms in total. The van der Waals surface area contributed by atoms with E-state index in [0.29, 0.717) is 61.9 Å². The second kappa shape index (κ2) is 14.5. The summed E-state index contributed by atoms with van der Waals surface area (Å²) in [5.41, 5.74) is 9.76. The van der Waals surface area contributed by atoms with E-state index in [1.165, 1.54) is 10.7 Å². The number of hydrogen-bond acceptors (Lipinski definition) is 12. The van der Waals surface area contributed by atoms with Crippen LogP contribution in [0, 0.1) is 0 Å². The molecule has 3 aliphatic heterocycles. The van der Waals surface area contributed by atoms with Crippen LogP contribution in [-0.2, 0) is 18.9 Å². The van der Waals surface area contributed by atoms with Gasteiger partial charge in [0.1, 0.15) is 29.8 Å². The number of para-hydroxylation sites is 2. The van der Waals surface area contributed by atoms with E-state index in [4.69, 9.17) is 15.0 Å². The minimum Gasteiger partial charge on any atom is -0.489 e. The molecule has 0 radical (unpaired) electrons. The molecule has 54 heavy (non-hydrogen) atoms. The van der Waals surface area contributed by atoms with Gasteiger partial charge in [-0.2, -0.15) is 5.10 Å². The average molecular weight is 758 g/mol. The molecule has 1 aliphatic carbocycles. The number of hydrogen-bond donors (Lipinski definition) is 4. The summed E-state index contributed by atoms with van der Waals surface area (Å²) >= 11 is 0. The van der Waals surface area contributed by atoms with Crippen LogP contribution in [0.3, 0.4) is 0 Å². The Labute approximate surface area is 310 Å². The van der Waals surface area contributed by atoms with Crippen LogP contribution in [0.2, 0.25) is 0 Å². The van der Waals surface area contributed by atoms with E-state index in [2.05, 4.69) is 36.5 Å². The topological polar surface area (TPSA) is 219 Å². The molecule has 3 fully saturated rings. The highest BCUT2D eigenvalue weighted by Gasteiger charge is 2.38. The number of carbonyl (C=O) groups excluding carboxylic acids is 3. The Morgan fingerprint density at radius 2 is 1.76 bits per heavy atom. The smallest absolute Gasteiger partial charge is 0.489 e. The van der Waals surface area contributed by atoms with Crippen LogP contribution in [0.15, 0.2) is 60.9 Å². The monoisotopic (exact) mass is 757 g/mol. The van der Waals surface area contributed by atoms with Gasteiger partial charge in [0, 0.05) is 31.1 Å². The SMILES string of the molecule is Nc1nnc(-c2ccccc2OP(=O)(O)O)cc1-n1cc(N2CCN(C3CCC(c4cccc5c4OCCN5[C@@H]4CCC(=O)NC4=O)CC3)CC2=O)cn1. The highest BCUT2D eigenvalue weighted by atomic mass is 31.2. The highest BCUT2D eigenvalue weighted by molar-refractivity contribution is 7.46. The standard InChI is InChI=1S/C36H40N9O8P/c37-35-30(18-27(40-41-35)26-4-1-2-7-31(26)53-54(49,50)51)45-20-24(19-38-45)43-15-14-42(21-33(43)47)23-10-8-22(9-11-23)25-5-3-6-28-34(25)52-17-16-44(28)29-12-13-32(46)39-36(29)48/h1-7,18-20,22-23,29H,8-17,21H2,(H2,37,41)(H,39,46,48)(H2,49,50,51)/t22?,23?,29-/m1/s1. The van der Waals surface area contributed by atoms with Crippen molar-refractivity contribution in [3.05, 3.63) is 66.5 Å². The Morgan fingerprint density at radius 1 is 0.944 bits per heavy atom. The highest BCUT2D eigenvalue weighted by Crippen LogP contribution is 2.45. The van der Waals surface area contributed by atoms with Crippen molar-refractivity contribution < 1.29 is 38.0 Å². The lowest BCUT2D eigenvalue weighted by atomic mass is 9.80. The third-order valence-electron chi connectivity index (χ3n) is 10.7. The molecule has 5 heterocycles. The van der Waals surface area contributed by atoms with Gasteiger partial charge in [-0.15, -0.1) is 10.2 Å². The summed E-state index contributed by atoms with van der Waals surface area (Å²) < 4.78 is 24.1. The van der Waals surface area contributed by atoms with E-state index in [9.17, 15) is 28.7 Å². The number of ether oxygens (including phenoxy) is 1. The molecule has 2 saturated heterocycles. The van der Waals surface area contributed by atoms with Crippen LogP contribution in [0.1, 0.15) is 50.0 Å². The van der Waals surface area contributed by atoms with Crippen LogP contribution < -0.4 is 30.1 Å². The number of fused-ring (bicyclic) bond motifs is 1. The minimum absolute atomic E-state index is 0.0352. The number of amides is 3. The number of phosphoric acid groups is 1. The number of nitrogens with two attached hydrogens (primary N) is 1. The third kappa shape index (κ3) is 7.14. The number of carbonyl (C=O) groups is 3. The fraction of sp³-hybridized carbons (Fsp3) is 0.389. The first-order chi connectivity index (χ1) is 26.0. The summed E-state index contributed by atoms with van der Waals surface area (Å²) in [4.78, 5) is 62.8. The van der Waals surface area contributed by atoms with Gasteiger partial charge < -0.3 is 24.8 Å². The zero-order valence-corrected chi connectivity index (χ0v) is 30.2. The average Bonchev–Trinajstić information content (AvgIpc) is 3.64. The molecular formula is C36H40N9O8P. The van der Waals surface area contributed by atoms with Crippen LogP contribution in [0.4, 0.5) is 17.2 Å². The van der Waals surface area contributed by atoms with Crippen molar-refractivity contribution in [1.82, 2.24) is 30.2 Å². The first-order valence-electron chi connectivity index (χ1n) is 18.0. The van der Waals surface area contributed by atoms with Gasteiger partial charge in [-0.05, 0) is 67.9 Å². The Bertz CT molecular complexity index is 2150. The van der Waals surface area contributed by atoms with Crippen LogP contribution in [0.25, 0.3) is 16.9 Å². The molecule has 1 atom stereocenters. The molecular weight excluding hydrogens is 717 g/mol. The fourth-order valence-corrected chi connectivity index (χ4v) is 8.54. The zero-order valence-electron chi connectivity index (χ0n) is 29.3. The third-order valence-corrected chi connectivity index (χ3v) is 11.1. The molecule has 0 unspecified atom stereocenters. The lowest BCUT2D eigenvalue weighted by Gasteiger charge is -2.42. The Balaban J connectivity index is 0.907. The van der Waals surface area contributed by atoms with Crippen molar-refractivity contribution in [2.45, 2.75) is 56.5 Å². The molecule has 4 aromatic rings. The number of aromatic nitrogens is 4. The number of nitrogen functional groups attached to an aromatic ring is 1. The maximum Gasteiger partial charge on any atom is 0.524 e. The molecule has 0 spiro atoms. The van der Waals surface area contributed by atoms with Gasteiger partial charge in [0.05, 0.1) is 42.6 Å². The van der Waals surface area contributed by atoms with Gasteiger partial charge in [0.2, 0.25) is 17.7 Å². The van der Waals surface area contributed by atoms with Crippen molar-refractivity contribution in [2.24, 2.45) is 0 Å². The molecule has 282 valence electrons. The Kier molecular flexibility index (Phi) is 9.56. The van der Waals surface area contributed by atoms with Crippen molar-refractivity contribution in [1.29, 1.82) is 0 Å². The van der Waals surface area contributed by atoms with Gasteiger partial charge >= 0.3 is 7.82 Å². The predicted molar refractivity (Wildman–Crippen MR) is 196 cm³/mol. The first kappa shape index (κ1) is 35.7. The number of anilines is 3.